The van der Waals surface area contributed by atoms with Crippen LogP contribution in [0.25, 0.3) is 22.4 Å². The van der Waals surface area contributed by atoms with Gasteiger partial charge in [-0.2, -0.15) is 0 Å². The Kier molecular flexibility index (Phi) is 4.37. The van der Waals surface area contributed by atoms with Gasteiger partial charge >= 0.3 is 0 Å². The van der Waals surface area contributed by atoms with Crippen molar-refractivity contribution in [3.63, 3.8) is 0 Å². The molecule has 136 valence electrons. The number of aromatic amines is 1. The number of aromatic nitrogens is 4. The van der Waals surface area contributed by atoms with E-state index in [4.69, 9.17) is 11.6 Å². The van der Waals surface area contributed by atoms with E-state index in [0.717, 1.165) is 17.1 Å². The average molecular weight is 384 g/mol. The summed E-state index contributed by atoms with van der Waals surface area (Å²) >= 11 is 6.03. The Hall–Kier alpha value is -3.19. The van der Waals surface area contributed by atoms with Crippen molar-refractivity contribution >= 4 is 28.5 Å². The van der Waals surface area contributed by atoms with E-state index < -0.39 is 5.82 Å². The van der Waals surface area contributed by atoms with Crippen molar-refractivity contribution < 1.29 is 9.50 Å². The molecule has 0 saturated carbocycles. The van der Waals surface area contributed by atoms with E-state index in [1.54, 1.807) is 36.7 Å². The third kappa shape index (κ3) is 3.41. The Balaban J connectivity index is 1.70. The van der Waals surface area contributed by atoms with E-state index in [9.17, 15) is 9.50 Å². The monoisotopic (exact) mass is 383 g/mol. The largest absolute Gasteiger partial charge is 0.508 e. The van der Waals surface area contributed by atoms with Crippen LogP contribution in [0.5, 0.6) is 5.75 Å². The molecule has 4 aromatic rings. The molecule has 0 aliphatic rings. The van der Waals surface area contributed by atoms with Crippen molar-refractivity contribution in [2.24, 2.45) is 0 Å². The molecule has 0 amide bonds. The number of pyridine rings is 1. The van der Waals surface area contributed by atoms with E-state index >= 15 is 0 Å². The van der Waals surface area contributed by atoms with Crippen LogP contribution >= 0.6 is 11.6 Å². The Bertz CT molecular complexity index is 1130. The van der Waals surface area contributed by atoms with Crippen molar-refractivity contribution in [3.05, 3.63) is 65.3 Å². The maximum absolute atomic E-state index is 14.3. The minimum absolute atomic E-state index is 0.0696. The van der Waals surface area contributed by atoms with E-state index in [0.29, 0.717) is 22.1 Å². The minimum Gasteiger partial charge on any atom is -0.508 e. The summed E-state index contributed by atoms with van der Waals surface area (Å²) in [5.74, 6) is -0.00701. The summed E-state index contributed by atoms with van der Waals surface area (Å²) in [6, 6.07) is 8.25. The fourth-order valence-corrected chi connectivity index (χ4v) is 3.00. The molecule has 0 fully saturated rings. The molecule has 0 spiro atoms. The van der Waals surface area contributed by atoms with E-state index in [-0.39, 0.29) is 17.6 Å². The molecule has 1 aromatic carbocycles. The first kappa shape index (κ1) is 17.2. The molecule has 1 atom stereocenters. The van der Waals surface area contributed by atoms with Crippen molar-refractivity contribution in [3.8, 4) is 17.1 Å². The molecule has 0 saturated heterocycles. The van der Waals surface area contributed by atoms with Crippen LogP contribution < -0.4 is 5.32 Å². The summed E-state index contributed by atoms with van der Waals surface area (Å²) in [5.41, 5.74) is 2.12. The predicted octanol–water partition coefficient (Wildman–Crippen LogP) is 4.69. The molecule has 6 nitrogen and oxygen atoms in total. The molecular weight excluding hydrogens is 369 g/mol. The zero-order valence-corrected chi connectivity index (χ0v) is 15.0. The average Bonchev–Trinajstić information content (AvgIpc) is 3.06. The number of H-pyrrole nitrogens is 1. The molecule has 0 unspecified atom stereocenters. The minimum atomic E-state index is -0.568. The van der Waals surface area contributed by atoms with Gasteiger partial charge < -0.3 is 15.4 Å². The molecule has 0 radical (unpaired) electrons. The van der Waals surface area contributed by atoms with Crippen molar-refractivity contribution in [2.75, 3.05) is 5.32 Å². The predicted molar refractivity (Wildman–Crippen MR) is 102 cm³/mol. The summed E-state index contributed by atoms with van der Waals surface area (Å²) in [5, 5.41) is 13.9. The number of aromatic hydroxyl groups is 1. The molecule has 27 heavy (non-hydrogen) atoms. The highest BCUT2D eigenvalue weighted by Gasteiger charge is 2.15. The lowest BCUT2D eigenvalue weighted by Gasteiger charge is -2.16. The number of anilines is 1. The Morgan fingerprint density at radius 3 is 2.89 bits per heavy atom. The van der Waals surface area contributed by atoms with Gasteiger partial charge in [-0.15, -0.1) is 0 Å². The number of phenols is 1. The number of hydrogen-bond donors (Lipinski definition) is 3. The van der Waals surface area contributed by atoms with Crippen LogP contribution in [0.1, 0.15) is 18.5 Å². The highest BCUT2D eigenvalue weighted by Crippen LogP contribution is 2.29. The molecule has 3 N–H and O–H groups in total. The molecule has 8 heteroatoms. The first-order chi connectivity index (χ1) is 13.0. The molecule has 0 aliphatic heterocycles. The van der Waals surface area contributed by atoms with Gasteiger partial charge in [0, 0.05) is 23.3 Å². The molecule has 0 bridgehead atoms. The maximum atomic E-state index is 14.3. The van der Waals surface area contributed by atoms with Crippen LogP contribution in [-0.2, 0) is 0 Å². The number of nitrogens with zero attached hydrogens (tertiary/aromatic N) is 3. The standard InChI is InChI=1S/C19H15ClFN5O/c1-10(11-3-2-4-13(27)5-11)25-19-16(21)9-24-18(26-19)15-8-23-17-14(15)6-12(20)7-22-17/h2-10,27H,1H3,(H,22,23)(H,24,25,26)/t10-/m0/s1. The third-order valence-corrected chi connectivity index (χ3v) is 4.41. The fourth-order valence-electron chi connectivity index (χ4n) is 2.84. The number of rotatable bonds is 4. The second kappa shape index (κ2) is 6.85. The maximum Gasteiger partial charge on any atom is 0.183 e. The van der Waals surface area contributed by atoms with Crippen LogP contribution in [0.4, 0.5) is 10.2 Å². The lowest BCUT2D eigenvalue weighted by Crippen LogP contribution is -2.10. The summed E-state index contributed by atoms with van der Waals surface area (Å²) in [6.45, 7) is 1.85. The Morgan fingerprint density at radius 2 is 2.07 bits per heavy atom. The van der Waals surface area contributed by atoms with E-state index in [2.05, 4.69) is 25.3 Å². The lowest BCUT2D eigenvalue weighted by molar-refractivity contribution is 0.474. The molecule has 3 aromatic heterocycles. The van der Waals surface area contributed by atoms with Gasteiger partial charge in [0.1, 0.15) is 11.4 Å². The summed E-state index contributed by atoms with van der Waals surface area (Å²) in [7, 11) is 0. The number of benzene rings is 1. The first-order valence-electron chi connectivity index (χ1n) is 8.22. The van der Waals surface area contributed by atoms with Gasteiger partial charge in [0.25, 0.3) is 0 Å². The molecular formula is C19H15ClFN5O. The second-order valence-corrected chi connectivity index (χ2v) is 6.54. The number of phenolic OH excluding ortho intramolecular Hbond substituents is 1. The van der Waals surface area contributed by atoms with Gasteiger partial charge in [0.05, 0.1) is 17.3 Å². The highest BCUT2D eigenvalue weighted by atomic mass is 35.5. The molecule has 4 rings (SSSR count). The van der Waals surface area contributed by atoms with Crippen LogP contribution in [0, 0.1) is 5.82 Å². The number of fused-ring (bicyclic) bond motifs is 1. The fraction of sp³-hybridized carbons (Fsp3) is 0.105. The number of nitrogens with one attached hydrogen (secondary N) is 2. The summed E-state index contributed by atoms with van der Waals surface area (Å²) in [6.07, 6.45) is 4.37. The van der Waals surface area contributed by atoms with Gasteiger partial charge in [-0.25, -0.2) is 19.3 Å². The second-order valence-electron chi connectivity index (χ2n) is 6.10. The highest BCUT2D eigenvalue weighted by molar-refractivity contribution is 6.31. The summed E-state index contributed by atoms with van der Waals surface area (Å²) in [4.78, 5) is 15.7. The van der Waals surface area contributed by atoms with Gasteiger partial charge in [-0.1, -0.05) is 23.7 Å². The lowest BCUT2D eigenvalue weighted by atomic mass is 10.1. The molecule has 0 aliphatic carbocycles. The van der Waals surface area contributed by atoms with Gasteiger partial charge in [-0.05, 0) is 30.7 Å². The number of halogens is 2. The quantitative estimate of drug-likeness (QED) is 0.476. The van der Waals surface area contributed by atoms with Crippen LogP contribution in [0.15, 0.2) is 48.9 Å². The zero-order chi connectivity index (χ0) is 19.0. The number of hydrogen-bond acceptors (Lipinski definition) is 5. The van der Waals surface area contributed by atoms with Crippen molar-refractivity contribution in [1.82, 2.24) is 19.9 Å². The van der Waals surface area contributed by atoms with Crippen LogP contribution in [-0.4, -0.2) is 25.0 Å². The van der Waals surface area contributed by atoms with Gasteiger partial charge in [0.15, 0.2) is 17.5 Å². The van der Waals surface area contributed by atoms with E-state index in [1.165, 1.54) is 0 Å². The first-order valence-corrected chi connectivity index (χ1v) is 8.60. The van der Waals surface area contributed by atoms with Crippen LogP contribution in [0.3, 0.4) is 0 Å². The Morgan fingerprint density at radius 1 is 1.22 bits per heavy atom. The smallest absolute Gasteiger partial charge is 0.183 e. The molecule has 3 heterocycles. The third-order valence-electron chi connectivity index (χ3n) is 4.21. The Labute approximate surface area is 159 Å². The van der Waals surface area contributed by atoms with E-state index in [1.807, 2.05) is 13.0 Å². The normalized spacial score (nSPS) is 12.3. The zero-order valence-electron chi connectivity index (χ0n) is 14.2. The van der Waals surface area contributed by atoms with Gasteiger partial charge in [-0.3, -0.25) is 0 Å². The van der Waals surface area contributed by atoms with Gasteiger partial charge in [0.2, 0.25) is 0 Å². The van der Waals surface area contributed by atoms with Crippen molar-refractivity contribution in [1.29, 1.82) is 0 Å². The summed E-state index contributed by atoms with van der Waals surface area (Å²) < 4.78 is 14.3. The van der Waals surface area contributed by atoms with Crippen molar-refractivity contribution in [2.45, 2.75) is 13.0 Å². The van der Waals surface area contributed by atoms with Crippen LogP contribution in [0.2, 0.25) is 5.02 Å². The SMILES string of the molecule is C[C@H](Nc1nc(-c2c[nH]c3ncc(Cl)cc23)ncc1F)c1cccc(O)c1. The topological polar surface area (TPSA) is 86.7 Å².